The minimum Gasteiger partial charge on any atom is -0.438 e. The van der Waals surface area contributed by atoms with Gasteiger partial charge in [-0.15, -0.1) is 0 Å². The van der Waals surface area contributed by atoms with E-state index in [1.807, 2.05) is 55.5 Å². The Balaban J connectivity index is 1.34. The van der Waals surface area contributed by atoms with Gasteiger partial charge in [-0.3, -0.25) is 4.79 Å². The van der Waals surface area contributed by atoms with Crippen molar-refractivity contribution >= 4 is 34.0 Å². The lowest BCUT2D eigenvalue weighted by molar-refractivity contribution is 0.0255. The van der Waals surface area contributed by atoms with Gasteiger partial charge < -0.3 is 35.3 Å². The number of nitrogens with one attached hydrogen (secondary N) is 2. The number of hydrogen-bond acceptors (Lipinski definition) is 9. The van der Waals surface area contributed by atoms with E-state index in [0.717, 1.165) is 16.3 Å². The Kier molecular flexibility index (Phi) is 10.0. The number of rotatable bonds is 14. The standard InChI is InChI=1S/C29H33N5O5/c1-20-17-21(28(35)31-11-12-37-15-16-38-14-13-36-2)19-22(18-20)33-29-32-10-9-27(34-29)39-26-8-7-25(30)23-5-3-4-6-24(23)26/h3-10,17-19H,11-16,30H2,1-2H3,(H,31,35)(H,32,33,34). The molecule has 0 spiro atoms. The molecule has 39 heavy (non-hydrogen) atoms. The minimum absolute atomic E-state index is 0.199. The van der Waals surface area contributed by atoms with Gasteiger partial charge in [-0.2, -0.15) is 4.98 Å². The molecule has 3 aromatic carbocycles. The second kappa shape index (κ2) is 14.1. The van der Waals surface area contributed by atoms with Gasteiger partial charge >= 0.3 is 0 Å². The number of fused-ring (bicyclic) bond motifs is 1. The number of methoxy groups -OCH3 is 1. The average molecular weight is 532 g/mol. The van der Waals surface area contributed by atoms with Crippen LogP contribution >= 0.6 is 0 Å². The number of aryl methyl sites for hydroxylation is 1. The van der Waals surface area contributed by atoms with E-state index in [4.69, 9.17) is 24.7 Å². The van der Waals surface area contributed by atoms with Crippen molar-refractivity contribution in [2.75, 3.05) is 57.7 Å². The Morgan fingerprint density at radius 1 is 0.923 bits per heavy atom. The van der Waals surface area contributed by atoms with Crippen LogP contribution in [0, 0.1) is 6.92 Å². The normalized spacial score (nSPS) is 10.9. The number of nitrogen functional groups attached to an aromatic ring is 1. The summed E-state index contributed by atoms with van der Waals surface area (Å²) in [7, 11) is 1.63. The molecule has 10 nitrogen and oxygen atoms in total. The molecule has 0 atom stereocenters. The molecule has 204 valence electrons. The molecule has 0 fully saturated rings. The largest absolute Gasteiger partial charge is 0.438 e. The lowest BCUT2D eigenvalue weighted by Crippen LogP contribution is -2.27. The van der Waals surface area contributed by atoms with Gasteiger partial charge in [0.05, 0.1) is 33.0 Å². The van der Waals surface area contributed by atoms with Gasteiger partial charge in [0, 0.05) is 53.6 Å². The van der Waals surface area contributed by atoms with E-state index < -0.39 is 0 Å². The van der Waals surface area contributed by atoms with Crippen molar-refractivity contribution < 1.29 is 23.7 Å². The summed E-state index contributed by atoms with van der Waals surface area (Å²) in [6, 6.07) is 18.5. The van der Waals surface area contributed by atoms with Crippen molar-refractivity contribution in [3.8, 4) is 11.6 Å². The van der Waals surface area contributed by atoms with Crippen LogP contribution in [0.4, 0.5) is 17.3 Å². The first-order valence-corrected chi connectivity index (χ1v) is 12.6. The predicted octanol–water partition coefficient (Wildman–Crippen LogP) is 4.47. The molecular formula is C29H33N5O5. The van der Waals surface area contributed by atoms with Crippen molar-refractivity contribution in [3.05, 3.63) is 78.0 Å². The second-order valence-electron chi connectivity index (χ2n) is 8.71. The van der Waals surface area contributed by atoms with Crippen LogP contribution < -0.4 is 21.1 Å². The summed E-state index contributed by atoms with van der Waals surface area (Å²) in [5.41, 5.74) is 8.89. The molecule has 1 amide bonds. The van der Waals surface area contributed by atoms with Crippen molar-refractivity contribution in [2.24, 2.45) is 0 Å². The first kappa shape index (κ1) is 27.8. The number of nitrogens with zero attached hydrogens (tertiary/aromatic N) is 2. The fourth-order valence-corrected chi connectivity index (χ4v) is 3.87. The number of benzene rings is 3. The highest BCUT2D eigenvalue weighted by atomic mass is 16.5. The monoisotopic (exact) mass is 531 g/mol. The molecule has 1 aromatic heterocycles. The molecule has 0 radical (unpaired) electrons. The zero-order valence-corrected chi connectivity index (χ0v) is 22.1. The predicted molar refractivity (Wildman–Crippen MR) is 151 cm³/mol. The molecule has 0 bridgehead atoms. The fourth-order valence-electron chi connectivity index (χ4n) is 3.87. The molecular weight excluding hydrogens is 498 g/mol. The third-order valence-corrected chi connectivity index (χ3v) is 5.69. The Morgan fingerprint density at radius 2 is 1.69 bits per heavy atom. The summed E-state index contributed by atoms with van der Waals surface area (Å²) in [4.78, 5) is 21.5. The Labute approximate surface area is 227 Å². The molecule has 0 aliphatic carbocycles. The lowest BCUT2D eigenvalue weighted by Gasteiger charge is -2.12. The first-order chi connectivity index (χ1) is 19.0. The number of nitrogens with two attached hydrogens (primary N) is 1. The molecule has 4 aromatic rings. The maximum Gasteiger partial charge on any atom is 0.251 e. The summed E-state index contributed by atoms with van der Waals surface area (Å²) >= 11 is 0. The summed E-state index contributed by atoms with van der Waals surface area (Å²) in [6.45, 7) is 4.71. The molecule has 0 aliphatic rings. The number of hydrogen-bond donors (Lipinski definition) is 3. The maximum absolute atomic E-state index is 12.7. The van der Waals surface area contributed by atoms with Crippen molar-refractivity contribution in [3.63, 3.8) is 0 Å². The zero-order chi connectivity index (χ0) is 27.5. The van der Waals surface area contributed by atoms with E-state index >= 15 is 0 Å². The minimum atomic E-state index is -0.199. The number of amides is 1. The van der Waals surface area contributed by atoms with E-state index in [0.29, 0.717) is 74.1 Å². The topological polar surface area (TPSA) is 130 Å². The van der Waals surface area contributed by atoms with E-state index in [9.17, 15) is 4.79 Å². The molecule has 0 unspecified atom stereocenters. The van der Waals surface area contributed by atoms with Crippen molar-refractivity contribution in [1.82, 2.24) is 15.3 Å². The second-order valence-corrected chi connectivity index (χ2v) is 8.71. The van der Waals surface area contributed by atoms with Crippen LogP contribution in [-0.2, 0) is 14.2 Å². The summed E-state index contributed by atoms with van der Waals surface area (Å²) in [5, 5.41) is 7.84. The van der Waals surface area contributed by atoms with Gasteiger partial charge in [-0.05, 0) is 42.8 Å². The van der Waals surface area contributed by atoms with Crippen LogP contribution in [0.5, 0.6) is 11.6 Å². The molecule has 4 rings (SSSR count). The number of carbonyl (C=O) groups is 1. The maximum atomic E-state index is 12.7. The van der Waals surface area contributed by atoms with E-state index in [-0.39, 0.29) is 5.91 Å². The van der Waals surface area contributed by atoms with Crippen LogP contribution in [0.25, 0.3) is 10.8 Å². The van der Waals surface area contributed by atoms with Gasteiger partial charge in [0.25, 0.3) is 5.91 Å². The molecule has 0 aliphatic heterocycles. The van der Waals surface area contributed by atoms with Crippen LogP contribution in [0.2, 0.25) is 0 Å². The Morgan fingerprint density at radius 3 is 2.51 bits per heavy atom. The smallest absolute Gasteiger partial charge is 0.251 e. The van der Waals surface area contributed by atoms with Crippen molar-refractivity contribution in [1.29, 1.82) is 0 Å². The highest BCUT2D eigenvalue weighted by Crippen LogP contribution is 2.32. The quantitative estimate of drug-likeness (QED) is 0.159. The highest BCUT2D eigenvalue weighted by molar-refractivity contribution is 5.97. The van der Waals surface area contributed by atoms with E-state index in [1.54, 1.807) is 25.4 Å². The summed E-state index contributed by atoms with van der Waals surface area (Å²) < 4.78 is 21.8. The molecule has 0 saturated heterocycles. The first-order valence-electron chi connectivity index (χ1n) is 12.6. The summed E-state index contributed by atoms with van der Waals surface area (Å²) in [5.74, 6) is 1.15. The number of aromatic nitrogens is 2. The SMILES string of the molecule is COCCOCCOCCNC(=O)c1cc(C)cc(Nc2nccc(Oc3ccc(N)c4ccccc34)n2)c1. The Bertz CT molecular complexity index is 1400. The lowest BCUT2D eigenvalue weighted by atomic mass is 10.1. The molecule has 4 N–H and O–H groups in total. The number of anilines is 3. The van der Waals surface area contributed by atoms with Crippen molar-refractivity contribution in [2.45, 2.75) is 6.92 Å². The van der Waals surface area contributed by atoms with Gasteiger partial charge in [-0.1, -0.05) is 24.3 Å². The van der Waals surface area contributed by atoms with Crippen LogP contribution in [0.3, 0.4) is 0 Å². The summed E-state index contributed by atoms with van der Waals surface area (Å²) in [6.07, 6.45) is 1.61. The van der Waals surface area contributed by atoms with Gasteiger partial charge in [0.2, 0.25) is 11.8 Å². The fraction of sp³-hybridized carbons (Fsp3) is 0.276. The number of ether oxygens (including phenoxy) is 4. The van der Waals surface area contributed by atoms with Crippen LogP contribution in [-0.4, -0.2) is 62.6 Å². The zero-order valence-electron chi connectivity index (χ0n) is 22.1. The van der Waals surface area contributed by atoms with E-state index in [2.05, 4.69) is 20.6 Å². The van der Waals surface area contributed by atoms with Crippen LogP contribution in [0.15, 0.2) is 66.9 Å². The molecule has 10 heteroatoms. The number of carbonyl (C=O) groups excluding carboxylic acids is 1. The van der Waals surface area contributed by atoms with Gasteiger partial charge in [0.15, 0.2) is 0 Å². The van der Waals surface area contributed by atoms with Gasteiger partial charge in [0.1, 0.15) is 5.75 Å². The molecule has 1 heterocycles. The van der Waals surface area contributed by atoms with Gasteiger partial charge in [-0.25, -0.2) is 4.98 Å². The van der Waals surface area contributed by atoms with Crippen LogP contribution in [0.1, 0.15) is 15.9 Å². The third-order valence-electron chi connectivity index (χ3n) is 5.69. The Hall–Kier alpha value is -4.25. The highest BCUT2D eigenvalue weighted by Gasteiger charge is 2.11. The molecule has 0 saturated carbocycles. The average Bonchev–Trinajstić information content (AvgIpc) is 2.93. The van der Waals surface area contributed by atoms with E-state index in [1.165, 1.54) is 0 Å². The third kappa shape index (κ3) is 8.11.